The van der Waals surface area contributed by atoms with Gasteiger partial charge in [0.25, 0.3) is 0 Å². The Hall–Kier alpha value is -3.45. The first-order chi connectivity index (χ1) is 18.0. The lowest BCUT2D eigenvalue weighted by Gasteiger charge is -2.03. The average Bonchev–Trinajstić information content (AvgIpc) is 3.27. The number of carbonyl (C=O) groups is 1. The van der Waals surface area contributed by atoms with E-state index in [0.717, 1.165) is 38.5 Å². The fourth-order valence-electron chi connectivity index (χ4n) is 3.26. The smallest absolute Gasteiger partial charge is 0.322 e. The molecule has 0 aliphatic heterocycles. The van der Waals surface area contributed by atoms with E-state index in [2.05, 4.69) is 77.0 Å². The average molecular weight is 524 g/mol. The monoisotopic (exact) mass is 523 g/mol. The molecule has 0 fully saturated rings. The summed E-state index contributed by atoms with van der Waals surface area (Å²) < 4.78 is 34.1. The van der Waals surface area contributed by atoms with Crippen LogP contribution in [0.3, 0.4) is 0 Å². The molecule has 0 N–H and O–H groups in total. The highest BCUT2D eigenvalue weighted by atomic mass is 32.2. The third-order valence-corrected chi connectivity index (χ3v) is 6.16. The molecule has 0 saturated carbocycles. The van der Waals surface area contributed by atoms with Gasteiger partial charge >= 0.3 is 16.1 Å². The van der Waals surface area contributed by atoms with Crippen LogP contribution >= 0.6 is 0 Å². The molecule has 0 aliphatic rings. The third kappa shape index (κ3) is 13.4. The number of rotatable bonds is 17. The highest BCUT2D eigenvalue weighted by Crippen LogP contribution is 2.20. The number of allylic oxidation sites excluding steroid dienone is 12. The predicted octanol–water partition coefficient (Wildman–Crippen LogP) is 7.68. The first-order valence-corrected chi connectivity index (χ1v) is 14.3. The molecule has 1 aromatic heterocycles. The SMILES string of the molecule is CC/C=C\C/C=C\C/C=C\C/C=C\C/C=C\C/C=C\CCC(=O)OS(=O)(=O)Cc1noc2ccccc12. The Kier molecular flexibility index (Phi) is 14.4. The summed E-state index contributed by atoms with van der Waals surface area (Å²) in [5.74, 6) is -1.30. The van der Waals surface area contributed by atoms with Gasteiger partial charge in [0.05, 0.1) is 6.42 Å². The first kappa shape index (κ1) is 29.8. The normalized spacial score (nSPS) is 13.1. The van der Waals surface area contributed by atoms with Gasteiger partial charge in [0, 0.05) is 5.39 Å². The molecule has 1 heterocycles. The summed E-state index contributed by atoms with van der Waals surface area (Å²) in [4.78, 5) is 11.9. The van der Waals surface area contributed by atoms with Gasteiger partial charge in [0.2, 0.25) is 0 Å². The summed E-state index contributed by atoms with van der Waals surface area (Å²) in [6, 6.07) is 6.92. The van der Waals surface area contributed by atoms with Gasteiger partial charge in [0.15, 0.2) is 5.58 Å². The lowest BCUT2D eigenvalue weighted by atomic mass is 10.2. The summed E-state index contributed by atoms with van der Waals surface area (Å²) in [5.41, 5.74) is 0.706. The number of para-hydroxylation sites is 1. The van der Waals surface area contributed by atoms with Crippen molar-refractivity contribution in [3.05, 3.63) is 103 Å². The molecule has 2 rings (SSSR count). The molecule has 0 saturated heterocycles. The van der Waals surface area contributed by atoms with Crippen LogP contribution in [-0.2, 0) is 24.8 Å². The van der Waals surface area contributed by atoms with Crippen LogP contribution in [0.4, 0.5) is 0 Å². The highest BCUT2D eigenvalue weighted by Gasteiger charge is 2.21. The van der Waals surface area contributed by atoms with Gasteiger partial charge in [-0.25, -0.2) is 0 Å². The van der Waals surface area contributed by atoms with E-state index in [4.69, 9.17) is 4.52 Å². The molecular weight excluding hydrogens is 486 g/mol. The summed E-state index contributed by atoms with van der Waals surface area (Å²) in [5, 5.41) is 4.35. The van der Waals surface area contributed by atoms with Crippen LogP contribution in [0.15, 0.2) is 102 Å². The number of fused-ring (bicyclic) bond motifs is 1. The minimum absolute atomic E-state index is 0.0129. The van der Waals surface area contributed by atoms with Gasteiger partial charge in [0.1, 0.15) is 11.4 Å². The van der Waals surface area contributed by atoms with Crippen LogP contribution in [0.25, 0.3) is 11.0 Å². The van der Waals surface area contributed by atoms with E-state index in [-0.39, 0.29) is 12.1 Å². The van der Waals surface area contributed by atoms with Crippen molar-refractivity contribution < 1.29 is 21.9 Å². The number of hydrogen-bond acceptors (Lipinski definition) is 6. The minimum Gasteiger partial charge on any atom is -0.356 e. The van der Waals surface area contributed by atoms with E-state index in [1.54, 1.807) is 24.3 Å². The molecule has 0 bridgehead atoms. The Morgan fingerprint density at radius 3 is 1.89 bits per heavy atom. The molecule has 6 nitrogen and oxygen atoms in total. The van der Waals surface area contributed by atoms with Crippen LogP contribution in [0, 0.1) is 0 Å². The van der Waals surface area contributed by atoms with Crippen molar-refractivity contribution in [2.45, 2.75) is 64.0 Å². The Morgan fingerprint density at radius 2 is 1.32 bits per heavy atom. The van der Waals surface area contributed by atoms with Crippen LogP contribution in [0.1, 0.15) is 64.0 Å². The number of aromatic nitrogens is 1. The molecular formula is C30H37NO5S. The Balaban J connectivity index is 1.53. The van der Waals surface area contributed by atoms with Crippen molar-refractivity contribution in [3.63, 3.8) is 0 Å². The van der Waals surface area contributed by atoms with Crippen molar-refractivity contribution in [1.29, 1.82) is 0 Å². The minimum atomic E-state index is -4.09. The summed E-state index contributed by atoms with van der Waals surface area (Å²) in [6.07, 6.45) is 31.3. The Labute approximate surface area is 220 Å². The van der Waals surface area contributed by atoms with Crippen LogP contribution in [-0.4, -0.2) is 19.5 Å². The Bertz CT molecular complexity index is 1230. The summed E-state index contributed by atoms with van der Waals surface area (Å²) >= 11 is 0. The van der Waals surface area contributed by atoms with Crippen molar-refractivity contribution in [2.24, 2.45) is 0 Å². The maximum Gasteiger partial charge on any atom is 0.322 e. The molecule has 2 aromatic rings. The molecule has 1 aromatic carbocycles. The molecule has 0 atom stereocenters. The molecule has 7 heteroatoms. The topological polar surface area (TPSA) is 86.5 Å². The second kappa shape index (κ2) is 17.9. The van der Waals surface area contributed by atoms with Gasteiger partial charge in [-0.3, -0.25) is 4.79 Å². The molecule has 0 unspecified atom stereocenters. The van der Waals surface area contributed by atoms with Crippen LogP contribution in [0.5, 0.6) is 0 Å². The highest BCUT2D eigenvalue weighted by molar-refractivity contribution is 7.86. The maximum absolute atomic E-state index is 12.2. The van der Waals surface area contributed by atoms with E-state index >= 15 is 0 Å². The number of nitrogens with zero attached hydrogens (tertiary/aromatic N) is 1. The maximum atomic E-state index is 12.2. The molecule has 0 radical (unpaired) electrons. The van der Waals surface area contributed by atoms with E-state index < -0.39 is 21.8 Å². The lowest BCUT2D eigenvalue weighted by Crippen LogP contribution is -2.15. The van der Waals surface area contributed by atoms with Crippen molar-refractivity contribution in [3.8, 4) is 0 Å². The van der Waals surface area contributed by atoms with Crippen LogP contribution < -0.4 is 0 Å². The summed E-state index contributed by atoms with van der Waals surface area (Å²) in [6.45, 7) is 2.14. The zero-order valence-corrected chi connectivity index (χ0v) is 22.3. The van der Waals surface area contributed by atoms with Gasteiger partial charge in [-0.05, 0) is 57.1 Å². The molecule has 198 valence electrons. The second-order valence-corrected chi connectivity index (χ2v) is 9.81. The quantitative estimate of drug-likeness (QED) is 0.156. The molecule has 0 spiro atoms. The number of benzene rings is 1. The molecule has 37 heavy (non-hydrogen) atoms. The van der Waals surface area contributed by atoms with E-state index in [9.17, 15) is 13.2 Å². The number of carbonyl (C=O) groups excluding carboxylic acids is 1. The van der Waals surface area contributed by atoms with Gasteiger partial charge in [-0.2, -0.15) is 8.42 Å². The Morgan fingerprint density at radius 1 is 0.811 bits per heavy atom. The number of hydrogen-bond donors (Lipinski definition) is 0. The summed E-state index contributed by atoms with van der Waals surface area (Å²) in [7, 11) is -4.09. The van der Waals surface area contributed by atoms with Crippen LogP contribution in [0.2, 0.25) is 0 Å². The zero-order valence-electron chi connectivity index (χ0n) is 21.5. The predicted molar refractivity (Wildman–Crippen MR) is 150 cm³/mol. The second-order valence-electron chi connectivity index (χ2n) is 8.24. The van der Waals surface area contributed by atoms with Gasteiger partial charge in [-0.1, -0.05) is 97.1 Å². The van der Waals surface area contributed by atoms with Gasteiger partial charge < -0.3 is 8.71 Å². The molecule has 0 amide bonds. The van der Waals surface area contributed by atoms with Gasteiger partial charge in [-0.15, -0.1) is 0 Å². The third-order valence-electron chi connectivity index (χ3n) is 5.10. The fraction of sp³-hybridized carbons (Fsp3) is 0.333. The van der Waals surface area contributed by atoms with Crippen molar-refractivity contribution in [2.75, 3.05) is 0 Å². The van der Waals surface area contributed by atoms with Crippen molar-refractivity contribution in [1.82, 2.24) is 5.16 Å². The zero-order chi connectivity index (χ0) is 26.6. The van der Waals surface area contributed by atoms with E-state index in [1.165, 1.54) is 0 Å². The molecule has 0 aliphatic carbocycles. The van der Waals surface area contributed by atoms with E-state index in [1.807, 2.05) is 12.2 Å². The largest absolute Gasteiger partial charge is 0.356 e. The fourth-order valence-corrected chi connectivity index (χ4v) is 4.23. The van der Waals surface area contributed by atoms with E-state index in [0.29, 0.717) is 17.4 Å². The first-order valence-electron chi connectivity index (χ1n) is 12.7. The lowest BCUT2D eigenvalue weighted by molar-refractivity contribution is -0.133. The van der Waals surface area contributed by atoms with Crippen molar-refractivity contribution >= 4 is 27.1 Å². The standard InChI is InChI=1S/C30H37NO5S/c1-2-3-4-5-6-7-8-9-10-11-12-13-14-15-16-17-18-19-20-25-30(32)36-37(33,34)26-28-27-23-21-22-24-29(27)35-31-28/h3-4,6-7,9-10,12-13,15-16,18-19,21-24H,2,5,8,11,14,17,20,25-26H2,1H3/b4-3-,7-6-,10-9-,13-12-,16-15-,19-18-.